The van der Waals surface area contributed by atoms with Crippen LogP contribution in [0.4, 0.5) is 0 Å². The summed E-state index contributed by atoms with van der Waals surface area (Å²) in [7, 11) is 0. The van der Waals surface area contributed by atoms with Gasteiger partial charge in [0.1, 0.15) is 5.78 Å². The molecule has 0 bridgehead atoms. The molecule has 0 aromatic heterocycles. The van der Waals surface area contributed by atoms with Gasteiger partial charge in [-0.05, 0) is 37.5 Å². The number of cyclic esters (lactones) is 2. The van der Waals surface area contributed by atoms with Gasteiger partial charge in [0, 0.05) is 11.8 Å². The highest BCUT2D eigenvalue weighted by molar-refractivity contribution is 6.01. The molecule has 1 aliphatic heterocycles. The average molecular weight is 262 g/mol. The number of hydrogen-bond acceptors (Lipinski definition) is 4. The van der Waals surface area contributed by atoms with Crippen LogP contribution in [0.15, 0.2) is 0 Å². The van der Waals surface area contributed by atoms with Crippen molar-refractivity contribution in [2.24, 2.45) is 35.5 Å². The van der Waals surface area contributed by atoms with Gasteiger partial charge in [0.2, 0.25) is 0 Å². The van der Waals surface area contributed by atoms with Crippen molar-refractivity contribution in [1.29, 1.82) is 0 Å². The van der Waals surface area contributed by atoms with E-state index in [0.717, 1.165) is 32.1 Å². The van der Waals surface area contributed by atoms with Gasteiger partial charge in [0.05, 0.1) is 11.8 Å². The molecule has 3 aliphatic carbocycles. The Hall–Kier alpha value is -1.19. The maximum Gasteiger partial charge on any atom is 0.318 e. The van der Waals surface area contributed by atoms with Crippen molar-refractivity contribution in [2.75, 3.05) is 0 Å². The number of carbonyl (C=O) groups is 3. The molecule has 19 heavy (non-hydrogen) atoms. The second kappa shape index (κ2) is 3.90. The van der Waals surface area contributed by atoms with Crippen LogP contribution in [0.1, 0.15) is 38.5 Å². The van der Waals surface area contributed by atoms with Gasteiger partial charge in [-0.1, -0.05) is 12.8 Å². The highest BCUT2D eigenvalue weighted by atomic mass is 16.6. The summed E-state index contributed by atoms with van der Waals surface area (Å²) >= 11 is 0. The topological polar surface area (TPSA) is 60.4 Å². The van der Waals surface area contributed by atoms with E-state index in [1.165, 1.54) is 6.42 Å². The van der Waals surface area contributed by atoms with Gasteiger partial charge in [-0.25, -0.2) is 0 Å². The smallest absolute Gasteiger partial charge is 0.318 e. The summed E-state index contributed by atoms with van der Waals surface area (Å²) in [5.74, 6) is -0.615. The van der Waals surface area contributed by atoms with Crippen LogP contribution in [-0.2, 0) is 19.1 Å². The summed E-state index contributed by atoms with van der Waals surface area (Å²) in [6.07, 6.45) is 6.09. The molecule has 0 aromatic carbocycles. The minimum absolute atomic E-state index is 0.158. The summed E-state index contributed by atoms with van der Waals surface area (Å²) in [6, 6.07) is 0. The van der Waals surface area contributed by atoms with Gasteiger partial charge < -0.3 is 4.74 Å². The number of esters is 2. The quantitative estimate of drug-likeness (QED) is 0.492. The molecule has 0 spiro atoms. The second-order valence-electron chi connectivity index (χ2n) is 6.60. The minimum atomic E-state index is -0.454. The second-order valence-corrected chi connectivity index (χ2v) is 6.60. The monoisotopic (exact) mass is 262 g/mol. The predicted octanol–water partition coefficient (Wildman–Crippen LogP) is 1.72. The highest BCUT2D eigenvalue weighted by Gasteiger charge is 2.62. The zero-order chi connectivity index (χ0) is 13.1. The first-order valence-electron chi connectivity index (χ1n) is 7.47. The van der Waals surface area contributed by atoms with Gasteiger partial charge in [-0.15, -0.1) is 0 Å². The Kier molecular flexibility index (Phi) is 2.39. The van der Waals surface area contributed by atoms with E-state index in [0.29, 0.717) is 11.8 Å². The molecule has 0 N–H and O–H groups in total. The molecule has 1 saturated heterocycles. The molecule has 102 valence electrons. The van der Waals surface area contributed by atoms with Crippen molar-refractivity contribution in [3.63, 3.8) is 0 Å². The van der Waals surface area contributed by atoms with Gasteiger partial charge in [-0.2, -0.15) is 0 Å². The Morgan fingerprint density at radius 2 is 1.53 bits per heavy atom. The molecule has 4 heteroatoms. The Labute approximate surface area is 111 Å². The molecular formula is C15H18O4. The van der Waals surface area contributed by atoms with Crippen LogP contribution >= 0.6 is 0 Å². The summed E-state index contributed by atoms with van der Waals surface area (Å²) in [5, 5.41) is 0. The Morgan fingerprint density at radius 3 is 2.37 bits per heavy atom. The van der Waals surface area contributed by atoms with Gasteiger partial charge in [0.25, 0.3) is 0 Å². The number of ether oxygens (including phenoxy) is 1. The summed E-state index contributed by atoms with van der Waals surface area (Å²) in [5.41, 5.74) is 0. The van der Waals surface area contributed by atoms with E-state index >= 15 is 0 Å². The van der Waals surface area contributed by atoms with Crippen LogP contribution in [0.2, 0.25) is 0 Å². The lowest BCUT2D eigenvalue weighted by molar-refractivity contribution is -0.154. The van der Waals surface area contributed by atoms with Crippen molar-refractivity contribution in [2.45, 2.75) is 38.5 Å². The van der Waals surface area contributed by atoms with E-state index in [2.05, 4.69) is 0 Å². The molecule has 4 aliphatic rings. The van der Waals surface area contributed by atoms with Gasteiger partial charge >= 0.3 is 11.9 Å². The SMILES string of the molecule is O=C1OC(=O)C2C1CCC1C3CCCCC3C(=O)C12. The molecular weight excluding hydrogens is 244 g/mol. The Morgan fingerprint density at radius 1 is 0.737 bits per heavy atom. The van der Waals surface area contributed by atoms with E-state index in [1.807, 2.05) is 0 Å². The number of fused-ring (bicyclic) bond motifs is 5. The fraction of sp³-hybridized carbons (Fsp3) is 0.800. The van der Waals surface area contributed by atoms with E-state index in [1.54, 1.807) is 0 Å². The fourth-order valence-electron chi connectivity index (χ4n) is 5.21. The molecule has 6 unspecified atom stereocenters. The first kappa shape index (κ1) is 11.6. The summed E-state index contributed by atoms with van der Waals surface area (Å²) in [4.78, 5) is 36.2. The molecule has 0 aromatic rings. The number of Topliss-reactive ketones (excluding diaryl/α,β-unsaturated/α-hetero) is 1. The van der Waals surface area contributed by atoms with Crippen LogP contribution in [0.3, 0.4) is 0 Å². The summed E-state index contributed by atoms with van der Waals surface area (Å²) < 4.78 is 4.79. The molecule has 3 saturated carbocycles. The van der Waals surface area contributed by atoms with Crippen LogP contribution in [0.5, 0.6) is 0 Å². The lowest BCUT2D eigenvalue weighted by atomic mass is 9.66. The Bertz CT molecular complexity index is 469. The predicted molar refractivity (Wildman–Crippen MR) is 64.7 cm³/mol. The third-order valence-electron chi connectivity index (χ3n) is 5.93. The lowest BCUT2D eigenvalue weighted by Gasteiger charge is -2.34. The van der Waals surface area contributed by atoms with Crippen molar-refractivity contribution < 1.29 is 19.1 Å². The number of carbonyl (C=O) groups excluding carboxylic acids is 3. The first-order chi connectivity index (χ1) is 9.18. The van der Waals surface area contributed by atoms with Crippen LogP contribution in [0, 0.1) is 35.5 Å². The van der Waals surface area contributed by atoms with E-state index in [9.17, 15) is 14.4 Å². The standard InChI is InChI=1S/C15H18O4/c16-13-9-4-2-1-3-7(9)8-5-6-10-12(11(8)13)15(18)19-14(10)17/h7-12H,1-6H2. The fourth-order valence-corrected chi connectivity index (χ4v) is 5.21. The lowest BCUT2D eigenvalue weighted by Crippen LogP contribution is -2.38. The number of hydrogen-bond donors (Lipinski definition) is 0. The van der Waals surface area contributed by atoms with E-state index < -0.39 is 17.9 Å². The van der Waals surface area contributed by atoms with Crippen molar-refractivity contribution in [1.82, 2.24) is 0 Å². The molecule has 0 amide bonds. The molecule has 1 heterocycles. The van der Waals surface area contributed by atoms with E-state index in [4.69, 9.17) is 4.74 Å². The minimum Gasteiger partial charge on any atom is -0.393 e. The first-order valence-corrected chi connectivity index (χ1v) is 7.47. The molecule has 4 nitrogen and oxygen atoms in total. The van der Waals surface area contributed by atoms with Crippen LogP contribution in [-0.4, -0.2) is 17.7 Å². The van der Waals surface area contributed by atoms with E-state index in [-0.39, 0.29) is 23.5 Å². The molecule has 6 atom stereocenters. The van der Waals surface area contributed by atoms with Crippen molar-refractivity contribution in [3.05, 3.63) is 0 Å². The highest BCUT2D eigenvalue weighted by Crippen LogP contribution is 2.56. The number of rotatable bonds is 0. The maximum atomic E-state index is 12.6. The van der Waals surface area contributed by atoms with Crippen LogP contribution in [0.25, 0.3) is 0 Å². The third kappa shape index (κ3) is 1.43. The summed E-state index contributed by atoms with van der Waals surface area (Å²) in [6.45, 7) is 0. The average Bonchev–Trinajstić information content (AvgIpc) is 2.87. The molecule has 4 fully saturated rings. The Balaban J connectivity index is 1.71. The van der Waals surface area contributed by atoms with Gasteiger partial charge in [-0.3, -0.25) is 14.4 Å². The largest absolute Gasteiger partial charge is 0.393 e. The van der Waals surface area contributed by atoms with Gasteiger partial charge in [0.15, 0.2) is 0 Å². The van der Waals surface area contributed by atoms with Crippen molar-refractivity contribution in [3.8, 4) is 0 Å². The zero-order valence-corrected chi connectivity index (χ0v) is 10.8. The molecule has 4 rings (SSSR count). The zero-order valence-electron chi connectivity index (χ0n) is 10.8. The third-order valence-corrected chi connectivity index (χ3v) is 5.93. The molecule has 0 radical (unpaired) electrons. The maximum absolute atomic E-state index is 12.6. The number of ketones is 1. The normalized spacial score (nSPS) is 48.5. The van der Waals surface area contributed by atoms with Crippen LogP contribution < -0.4 is 0 Å². The van der Waals surface area contributed by atoms with Crippen molar-refractivity contribution >= 4 is 17.7 Å².